The summed E-state index contributed by atoms with van der Waals surface area (Å²) in [6.45, 7) is 0.244. The quantitative estimate of drug-likeness (QED) is 0.377. The standard InChI is InChI=1S/C17H18N4O4S/c18-15(19)8-1-2-12-9(3-8)5-13(26-12)17(25)20-7-11-4-10(6-14(22)23)16(24)21-11/h1-3,5,10-11H,4,6-7H2,(H3,18,19)(H,20,25)(H,21,24)(H,22,23). The number of carbonyl (C=O) groups is 3. The van der Waals surface area contributed by atoms with Crippen LogP contribution in [-0.2, 0) is 9.59 Å². The summed E-state index contributed by atoms with van der Waals surface area (Å²) in [7, 11) is 0. The minimum Gasteiger partial charge on any atom is -0.481 e. The third kappa shape index (κ3) is 3.83. The first-order valence-electron chi connectivity index (χ1n) is 8.02. The number of fused-ring (bicyclic) bond motifs is 1. The lowest BCUT2D eigenvalue weighted by Crippen LogP contribution is -2.38. The van der Waals surface area contributed by atoms with E-state index in [1.807, 2.05) is 6.07 Å². The van der Waals surface area contributed by atoms with Crippen LogP contribution in [0, 0.1) is 11.3 Å². The van der Waals surface area contributed by atoms with Gasteiger partial charge in [-0.2, -0.15) is 0 Å². The number of aliphatic carboxylic acids is 1. The molecule has 1 fully saturated rings. The van der Waals surface area contributed by atoms with E-state index in [0.717, 1.165) is 10.1 Å². The summed E-state index contributed by atoms with van der Waals surface area (Å²) in [4.78, 5) is 35.3. The smallest absolute Gasteiger partial charge is 0.304 e. The Morgan fingerprint density at radius 1 is 1.38 bits per heavy atom. The van der Waals surface area contributed by atoms with E-state index in [1.165, 1.54) is 11.3 Å². The number of nitrogens with one attached hydrogen (secondary N) is 3. The molecule has 2 amide bonds. The SMILES string of the molecule is N=C(N)c1ccc2sc(C(=O)NCC3CC(CC(=O)O)C(=O)N3)cc2c1. The molecule has 0 spiro atoms. The Kier molecular flexibility index (Phi) is 4.90. The Bertz CT molecular complexity index is 907. The van der Waals surface area contributed by atoms with Crippen LogP contribution in [0.3, 0.4) is 0 Å². The van der Waals surface area contributed by atoms with Gasteiger partial charge in [-0.3, -0.25) is 19.8 Å². The summed E-state index contributed by atoms with van der Waals surface area (Å²) in [6, 6.07) is 6.79. The molecule has 2 aromatic rings. The van der Waals surface area contributed by atoms with E-state index in [2.05, 4.69) is 10.6 Å². The molecule has 6 N–H and O–H groups in total. The van der Waals surface area contributed by atoms with Crippen molar-refractivity contribution in [1.29, 1.82) is 5.41 Å². The number of amides is 2. The minimum atomic E-state index is -1.01. The van der Waals surface area contributed by atoms with Gasteiger partial charge in [-0.05, 0) is 36.1 Å². The van der Waals surface area contributed by atoms with E-state index >= 15 is 0 Å². The summed E-state index contributed by atoms with van der Waals surface area (Å²) in [6.07, 6.45) is 0.185. The zero-order valence-electron chi connectivity index (χ0n) is 13.7. The van der Waals surface area contributed by atoms with Gasteiger partial charge in [0.1, 0.15) is 5.84 Å². The highest BCUT2D eigenvalue weighted by molar-refractivity contribution is 7.20. The first-order chi connectivity index (χ1) is 12.3. The number of nitrogens with two attached hydrogens (primary N) is 1. The minimum absolute atomic E-state index is 0.0306. The van der Waals surface area contributed by atoms with E-state index in [1.54, 1.807) is 18.2 Å². The van der Waals surface area contributed by atoms with Gasteiger partial charge >= 0.3 is 5.97 Å². The number of rotatable bonds is 6. The first kappa shape index (κ1) is 17.9. The molecular formula is C17H18N4O4S. The molecule has 2 atom stereocenters. The third-order valence-electron chi connectivity index (χ3n) is 4.27. The number of carboxylic acid groups (broad SMARTS) is 1. The molecule has 0 radical (unpaired) electrons. The van der Waals surface area contributed by atoms with Crippen molar-refractivity contribution in [3.8, 4) is 0 Å². The molecule has 8 nitrogen and oxygen atoms in total. The molecule has 1 aromatic heterocycles. The average Bonchev–Trinajstić information content (AvgIpc) is 3.15. The third-order valence-corrected chi connectivity index (χ3v) is 5.38. The van der Waals surface area contributed by atoms with E-state index < -0.39 is 11.9 Å². The van der Waals surface area contributed by atoms with Crippen molar-refractivity contribution in [3.05, 3.63) is 34.7 Å². The Balaban J connectivity index is 1.62. The molecule has 136 valence electrons. The highest BCUT2D eigenvalue weighted by atomic mass is 32.1. The maximum Gasteiger partial charge on any atom is 0.304 e. The largest absolute Gasteiger partial charge is 0.481 e. The number of amidine groups is 1. The molecule has 2 unspecified atom stereocenters. The van der Waals surface area contributed by atoms with Gasteiger partial charge in [0.25, 0.3) is 5.91 Å². The molecule has 0 bridgehead atoms. The van der Waals surface area contributed by atoms with E-state index in [0.29, 0.717) is 16.9 Å². The second-order valence-electron chi connectivity index (χ2n) is 6.22. The van der Waals surface area contributed by atoms with Crippen molar-refractivity contribution in [2.24, 2.45) is 11.7 Å². The fourth-order valence-corrected chi connectivity index (χ4v) is 3.93. The lowest BCUT2D eigenvalue weighted by Gasteiger charge is -2.10. The van der Waals surface area contributed by atoms with Crippen molar-refractivity contribution < 1.29 is 19.5 Å². The summed E-state index contributed by atoms with van der Waals surface area (Å²) < 4.78 is 0.913. The highest BCUT2D eigenvalue weighted by Crippen LogP contribution is 2.26. The zero-order valence-corrected chi connectivity index (χ0v) is 14.6. The molecule has 26 heavy (non-hydrogen) atoms. The van der Waals surface area contributed by atoms with Crippen LogP contribution in [0.2, 0.25) is 0 Å². The number of hydrogen-bond acceptors (Lipinski definition) is 5. The Hall–Kier alpha value is -2.94. The van der Waals surface area contributed by atoms with Gasteiger partial charge in [-0.15, -0.1) is 11.3 Å². The van der Waals surface area contributed by atoms with Gasteiger partial charge < -0.3 is 21.5 Å². The number of nitrogen functional groups attached to an aromatic ring is 1. The number of benzene rings is 1. The van der Waals surface area contributed by atoms with Crippen molar-refractivity contribution in [1.82, 2.24) is 10.6 Å². The van der Waals surface area contributed by atoms with Gasteiger partial charge in [-0.1, -0.05) is 0 Å². The monoisotopic (exact) mass is 374 g/mol. The molecule has 1 aliphatic heterocycles. The van der Waals surface area contributed by atoms with Crippen LogP contribution in [0.4, 0.5) is 0 Å². The molecule has 9 heteroatoms. The maximum atomic E-state index is 12.4. The zero-order chi connectivity index (χ0) is 18.8. The van der Waals surface area contributed by atoms with Crippen molar-refractivity contribution in [2.45, 2.75) is 18.9 Å². The van der Waals surface area contributed by atoms with E-state index in [-0.39, 0.29) is 36.7 Å². The van der Waals surface area contributed by atoms with Crippen molar-refractivity contribution in [3.63, 3.8) is 0 Å². The van der Waals surface area contributed by atoms with Gasteiger partial charge in [0, 0.05) is 22.8 Å². The highest BCUT2D eigenvalue weighted by Gasteiger charge is 2.33. The van der Waals surface area contributed by atoms with Crippen molar-refractivity contribution in [2.75, 3.05) is 6.54 Å². The summed E-state index contributed by atoms with van der Waals surface area (Å²) in [5, 5.41) is 22.6. The van der Waals surface area contributed by atoms with Gasteiger partial charge in [0.2, 0.25) is 5.91 Å². The van der Waals surface area contributed by atoms with Gasteiger partial charge in [0.15, 0.2) is 0 Å². The summed E-state index contributed by atoms with van der Waals surface area (Å²) in [5.41, 5.74) is 6.08. The predicted molar refractivity (Wildman–Crippen MR) is 97.5 cm³/mol. The molecule has 2 heterocycles. The fourth-order valence-electron chi connectivity index (χ4n) is 2.98. The van der Waals surface area contributed by atoms with Crippen LogP contribution in [0.1, 0.15) is 28.1 Å². The molecular weight excluding hydrogens is 356 g/mol. The van der Waals surface area contributed by atoms with Crippen LogP contribution >= 0.6 is 11.3 Å². The Morgan fingerprint density at radius 3 is 2.85 bits per heavy atom. The first-order valence-corrected chi connectivity index (χ1v) is 8.83. The molecule has 3 rings (SSSR count). The number of hydrogen-bond donors (Lipinski definition) is 5. The lowest BCUT2D eigenvalue weighted by atomic mass is 10.0. The van der Waals surface area contributed by atoms with Gasteiger partial charge in [-0.25, -0.2) is 0 Å². The number of carbonyl (C=O) groups excluding carboxylic acids is 2. The van der Waals surface area contributed by atoms with Gasteiger partial charge in [0.05, 0.1) is 17.2 Å². The topological polar surface area (TPSA) is 145 Å². The average molecular weight is 374 g/mol. The fraction of sp³-hybridized carbons (Fsp3) is 0.294. The molecule has 1 saturated heterocycles. The normalized spacial score (nSPS) is 19.3. The Labute approximate surface area is 152 Å². The van der Waals surface area contributed by atoms with Crippen LogP contribution in [0.25, 0.3) is 10.1 Å². The van der Waals surface area contributed by atoms with Crippen LogP contribution in [0.5, 0.6) is 0 Å². The number of thiophene rings is 1. The predicted octanol–water partition coefficient (Wildman–Crippen LogP) is 0.895. The number of carboxylic acids is 1. The molecule has 0 saturated carbocycles. The summed E-state index contributed by atoms with van der Waals surface area (Å²) in [5.74, 6) is -2.14. The molecule has 1 aromatic carbocycles. The molecule has 0 aliphatic carbocycles. The van der Waals surface area contributed by atoms with Crippen LogP contribution in [-0.4, -0.2) is 41.3 Å². The van der Waals surface area contributed by atoms with Crippen LogP contribution in [0.15, 0.2) is 24.3 Å². The van der Waals surface area contributed by atoms with Crippen LogP contribution < -0.4 is 16.4 Å². The summed E-state index contributed by atoms with van der Waals surface area (Å²) >= 11 is 1.33. The second-order valence-corrected chi connectivity index (χ2v) is 7.31. The van der Waals surface area contributed by atoms with Crippen molar-refractivity contribution >= 4 is 45.0 Å². The lowest BCUT2D eigenvalue weighted by molar-refractivity contribution is -0.140. The van der Waals surface area contributed by atoms with E-state index in [9.17, 15) is 14.4 Å². The Morgan fingerprint density at radius 2 is 2.15 bits per heavy atom. The second kappa shape index (κ2) is 7.12. The van der Waals surface area contributed by atoms with E-state index in [4.69, 9.17) is 16.2 Å². The molecule has 1 aliphatic rings. The maximum absolute atomic E-state index is 12.4.